The molecule has 0 rings (SSSR count). The van der Waals surface area contributed by atoms with Crippen LogP contribution in [0.3, 0.4) is 0 Å². The van der Waals surface area contributed by atoms with Crippen LogP contribution >= 0.6 is 12.4 Å². The largest absolute Gasteiger partial charge is 0.397 e. The highest BCUT2D eigenvalue weighted by Crippen LogP contribution is 1.30. The first-order valence-corrected chi connectivity index (χ1v) is 1.28. The predicted octanol–water partition coefficient (Wildman–Crippen LogP) is -0.245. The minimum atomic E-state index is 0. The highest BCUT2D eigenvalue weighted by molar-refractivity contribution is 5.85. The SMILES string of the molecule is CCO.Cl.NO. The van der Waals surface area contributed by atoms with Gasteiger partial charge in [0.2, 0.25) is 0 Å². The molecule has 3 nitrogen and oxygen atoms in total. The number of halogens is 1. The van der Waals surface area contributed by atoms with Gasteiger partial charge in [0.15, 0.2) is 0 Å². The van der Waals surface area contributed by atoms with Gasteiger partial charge in [0, 0.05) is 6.61 Å². The van der Waals surface area contributed by atoms with E-state index in [2.05, 4.69) is 5.90 Å². The van der Waals surface area contributed by atoms with Crippen LogP contribution in [-0.2, 0) is 0 Å². The zero-order chi connectivity index (χ0) is 4.71. The Morgan fingerprint density at radius 1 is 1.50 bits per heavy atom. The Labute approximate surface area is 43.1 Å². The number of hydrogen-bond acceptors (Lipinski definition) is 3. The van der Waals surface area contributed by atoms with Crippen LogP contribution in [-0.4, -0.2) is 16.9 Å². The van der Waals surface area contributed by atoms with Crippen molar-refractivity contribution in [2.75, 3.05) is 6.61 Å². The van der Waals surface area contributed by atoms with Gasteiger partial charge in [-0.15, -0.1) is 12.4 Å². The molecule has 0 heterocycles. The maximum Gasteiger partial charge on any atom is 0.0402 e. The minimum absolute atomic E-state index is 0. The van der Waals surface area contributed by atoms with Gasteiger partial charge in [-0.1, -0.05) is 0 Å². The summed E-state index contributed by atoms with van der Waals surface area (Å²) in [6, 6.07) is 0. The predicted molar refractivity (Wildman–Crippen MR) is 26.0 cm³/mol. The number of nitrogens with two attached hydrogens (primary N) is 1. The van der Waals surface area contributed by atoms with Crippen LogP contribution in [0.5, 0.6) is 0 Å². The molecule has 0 bridgehead atoms. The lowest BCUT2D eigenvalue weighted by molar-refractivity contribution is 0.311. The Morgan fingerprint density at radius 2 is 1.50 bits per heavy atom. The number of aliphatic hydroxyl groups is 1. The third kappa shape index (κ3) is 1450. The normalized spacial score (nSPS) is 4.00. The number of rotatable bonds is 0. The molecule has 0 radical (unpaired) electrons. The molecular formula is C2H10ClNO2. The van der Waals surface area contributed by atoms with Crippen molar-refractivity contribution in [3.8, 4) is 0 Å². The molecule has 0 aromatic carbocycles. The second-order valence-corrected chi connectivity index (χ2v) is 0.316. The first kappa shape index (κ1) is 16.4. The zero-order valence-electron chi connectivity index (χ0n) is 3.59. The fraction of sp³-hybridized carbons (Fsp3) is 1.00. The third-order valence-corrected chi connectivity index (χ3v) is 0. The molecule has 0 unspecified atom stereocenters. The van der Waals surface area contributed by atoms with Gasteiger partial charge in [-0.2, -0.15) is 0 Å². The first-order valence-electron chi connectivity index (χ1n) is 1.28. The van der Waals surface area contributed by atoms with E-state index in [-0.39, 0.29) is 19.0 Å². The van der Waals surface area contributed by atoms with E-state index in [0.29, 0.717) is 0 Å². The van der Waals surface area contributed by atoms with Crippen LogP contribution in [0.4, 0.5) is 0 Å². The first-order chi connectivity index (χ1) is 2.41. The van der Waals surface area contributed by atoms with Crippen LogP contribution < -0.4 is 5.90 Å². The van der Waals surface area contributed by atoms with E-state index < -0.39 is 0 Å². The molecule has 0 aromatic rings. The summed E-state index contributed by atoms with van der Waals surface area (Å²) in [4.78, 5) is 0. The summed E-state index contributed by atoms with van der Waals surface area (Å²) >= 11 is 0. The van der Waals surface area contributed by atoms with Crippen LogP contribution in [0.1, 0.15) is 6.92 Å². The Bertz CT molecular complexity index is 11.5. The van der Waals surface area contributed by atoms with Gasteiger partial charge in [0.05, 0.1) is 0 Å². The van der Waals surface area contributed by atoms with Crippen molar-refractivity contribution in [1.82, 2.24) is 0 Å². The van der Waals surface area contributed by atoms with Crippen LogP contribution in [0.2, 0.25) is 0 Å². The molecule has 42 valence electrons. The van der Waals surface area contributed by atoms with E-state index in [9.17, 15) is 0 Å². The summed E-state index contributed by atoms with van der Waals surface area (Å²) in [6.07, 6.45) is 0. The lowest BCUT2D eigenvalue weighted by Crippen LogP contribution is -1.72. The highest BCUT2D eigenvalue weighted by Gasteiger charge is 1.34. The van der Waals surface area contributed by atoms with Crippen LogP contribution in [0.15, 0.2) is 0 Å². The molecule has 6 heavy (non-hydrogen) atoms. The van der Waals surface area contributed by atoms with Gasteiger partial charge in [-0.05, 0) is 6.92 Å². The summed E-state index contributed by atoms with van der Waals surface area (Å²) in [7, 11) is 0. The average Bonchev–Trinajstić information content (AvgIpc) is 1.46. The molecule has 0 aliphatic carbocycles. The van der Waals surface area contributed by atoms with E-state index in [1.807, 2.05) is 0 Å². The second kappa shape index (κ2) is 65.7. The Balaban J connectivity index is -0.0000000275. The average molecular weight is 116 g/mol. The lowest BCUT2D eigenvalue weighted by atomic mass is 10.9. The molecule has 0 aromatic heterocycles. The van der Waals surface area contributed by atoms with Gasteiger partial charge in [0.25, 0.3) is 0 Å². The van der Waals surface area contributed by atoms with Gasteiger partial charge in [0.1, 0.15) is 0 Å². The molecule has 0 aliphatic rings. The van der Waals surface area contributed by atoms with E-state index in [4.69, 9.17) is 10.3 Å². The minimum Gasteiger partial charge on any atom is -0.397 e. The van der Waals surface area contributed by atoms with E-state index >= 15 is 0 Å². The molecule has 4 heteroatoms. The Hall–Kier alpha value is 0.170. The molecule has 0 fully saturated rings. The molecule has 0 atom stereocenters. The van der Waals surface area contributed by atoms with Gasteiger partial charge >= 0.3 is 0 Å². The van der Waals surface area contributed by atoms with E-state index in [1.165, 1.54) is 0 Å². The lowest BCUT2D eigenvalue weighted by Gasteiger charge is -1.52. The van der Waals surface area contributed by atoms with Crippen LogP contribution in [0, 0.1) is 0 Å². The maximum atomic E-state index is 7.57. The fourth-order valence-electron chi connectivity index (χ4n) is 0. The molecule has 0 saturated heterocycles. The third-order valence-electron chi connectivity index (χ3n) is 0. The Morgan fingerprint density at radius 3 is 1.50 bits per heavy atom. The molecule has 0 spiro atoms. The van der Waals surface area contributed by atoms with Gasteiger partial charge in [-0.3, -0.25) is 0 Å². The molecule has 0 aliphatic heterocycles. The smallest absolute Gasteiger partial charge is 0.0402 e. The molecule has 0 saturated carbocycles. The van der Waals surface area contributed by atoms with Crippen LogP contribution in [0.25, 0.3) is 0 Å². The number of hydrogen-bond donors (Lipinski definition) is 3. The fourth-order valence-corrected chi connectivity index (χ4v) is 0. The van der Waals surface area contributed by atoms with Crippen molar-refractivity contribution < 1.29 is 10.3 Å². The molecular weight excluding hydrogens is 105 g/mol. The van der Waals surface area contributed by atoms with Gasteiger partial charge < -0.3 is 10.3 Å². The van der Waals surface area contributed by atoms with E-state index in [1.54, 1.807) is 6.92 Å². The Kier molecular flexibility index (Phi) is 180. The zero-order valence-corrected chi connectivity index (χ0v) is 4.40. The molecule has 0 amide bonds. The van der Waals surface area contributed by atoms with Crippen molar-refractivity contribution in [3.63, 3.8) is 0 Å². The summed E-state index contributed by atoms with van der Waals surface area (Å²) < 4.78 is 0. The number of aliphatic hydroxyl groups excluding tert-OH is 1. The quantitative estimate of drug-likeness (QED) is 0.382. The van der Waals surface area contributed by atoms with Gasteiger partial charge in [-0.25, -0.2) is 5.90 Å². The summed E-state index contributed by atoms with van der Waals surface area (Å²) in [5.41, 5.74) is 0. The van der Waals surface area contributed by atoms with E-state index in [0.717, 1.165) is 0 Å². The highest BCUT2D eigenvalue weighted by atomic mass is 35.5. The maximum absolute atomic E-state index is 7.57. The summed E-state index contributed by atoms with van der Waals surface area (Å²) in [5, 5.41) is 14.1. The van der Waals surface area contributed by atoms with Crippen molar-refractivity contribution in [3.05, 3.63) is 0 Å². The molecule has 4 N–H and O–H groups in total. The summed E-state index contributed by atoms with van der Waals surface area (Å²) in [6.45, 7) is 1.93. The van der Waals surface area contributed by atoms with Crippen molar-refractivity contribution in [2.24, 2.45) is 5.90 Å². The second-order valence-electron chi connectivity index (χ2n) is 0.316. The van der Waals surface area contributed by atoms with Crippen molar-refractivity contribution in [2.45, 2.75) is 6.92 Å². The summed E-state index contributed by atoms with van der Waals surface area (Å²) in [5.74, 6) is 3.50. The standard InChI is InChI=1S/C2H6O.ClH.H3NO/c1-2-3;;1-2/h3H,2H2,1H3;1H;2H,1H2. The van der Waals surface area contributed by atoms with Crippen molar-refractivity contribution in [1.29, 1.82) is 0 Å². The van der Waals surface area contributed by atoms with Crippen molar-refractivity contribution >= 4 is 12.4 Å². The topological polar surface area (TPSA) is 66.5 Å². The monoisotopic (exact) mass is 115 g/mol.